The SMILES string of the molecule is CCOC(=O)N1CCN(C(=O)C(C)n2nc(C(F)(F)F)cc2C)CC1. The summed E-state index contributed by atoms with van der Waals surface area (Å²) in [5, 5.41) is 3.52. The van der Waals surface area contributed by atoms with E-state index < -0.39 is 24.0 Å². The van der Waals surface area contributed by atoms with Crippen molar-refractivity contribution in [3.63, 3.8) is 0 Å². The zero-order valence-electron chi connectivity index (χ0n) is 14.3. The minimum Gasteiger partial charge on any atom is -0.450 e. The van der Waals surface area contributed by atoms with Crippen LogP contribution in [0, 0.1) is 6.92 Å². The monoisotopic (exact) mass is 362 g/mol. The molecule has 1 unspecified atom stereocenters. The van der Waals surface area contributed by atoms with Gasteiger partial charge in [0.2, 0.25) is 5.91 Å². The van der Waals surface area contributed by atoms with Gasteiger partial charge in [-0.2, -0.15) is 18.3 Å². The van der Waals surface area contributed by atoms with Crippen molar-refractivity contribution in [2.75, 3.05) is 32.8 Å². The fourth-order valence-corrected chi connectivity index (χ4v) is 2.71. The van der Waals surface area contributed by atoms with Crippen LogP contribution in [-0.4, -0.2) is 64.4 Å². The molecule has 0 radical (unpaired) electrons. The number of ether oxygens (including phenoxy) is 1. The number of amides is 2. The molecule has 1 saturated heterocycles. The minimum atomic E-state index is -4.55. The third-order valence-corrected chi connectivity index (χ3v) is 4.05. The van der Waals surface area contributed by atoms with Crippen molar-refractivity contribution in [1.29, 1.82) is 0 Å². The Kier molecular flexibility index (Phi) is 5.58. The maximum Gasteiger partial charge on any atom is 0.435 e. The molecule has 1 aliphatic heterocycles. The number of hydrogen-bond acceptors (Lipinski definition) is 4. The molecule has 1 atom stereocenters. The number of hydrogen-bond donors (Lipinski definition) is 0. The molecular weight excluding hydrogens is 341 g/mol. The van der Waals surface area contributed by atoms with Crippen molar-refractivity contribution in [3.8, 4) is 0 Å². The van der Waals surface area contributed by atoms with Gasteiger partial charge >= 0.3 is 12.3 Å². The van der Waals surface area contributed by atoms with Crippen LogP contribution in [0.25, 0.3) is 0 Å². The van der Waals surface area contributed by atoms with E-state index in [9.17, 15) is 22.8 Å². The number of nitrogens with zero attached hydrogens (tertiary/aromatic N) is 4. The van der Waals surface area contributed by atoms with E-state index in [1.165, 1.54) is 23.6 Å². The highest BCUT2D eigenvalue weighted by molar-refractivity contribution is 5.80. The number of piperazine rings is 1. The van der Waals surface area contributed by atoms with Crippen LogP contribution >= 0.6 is 0 Å². The number of alkyl halides is 3. The van der Waals surface area contributed by atoms with E-state index in [1.54, 1.807) is 6.92 Å². The summed E-state index contributed by atoms with van der Waals surface area (Å²) in [5.74, 6) is -0.330. The van der Waals surface area contributed by atoms with E-state index in [2.05, 4.69) is 5.10 Å². The van der Waals surface area contributed by atoms with Gasteiger partial charge in [-0.3, -0.25) is 9.48 Å². The van der Waals surface area contributed by atoms with Gasteiger partial charge in [-0.05, 0) is 26.8 Å². The lowest BCUT2D eigenvalue weighted by molar-refractivity contribution is -0.142. The van der Waals surface area contributed by atoms with E-state index in [1.807, 2.05) is 0 Å². The second kappa shape index (κ2) is 7.32. The number of carbonyl (C=O) groups excluding carboxylic acids is 2. The summed E-state index contributed by atoms with van der Waals surface area (Å²) in [6, 6.07) is 0.0629. The van der Waals surface area contributed by atoms with Crippen molar-refractivity contribution in [2.24, 2.45) is 0 Å². The Labute approximate surface area is 143 Å². The molecule has 2 rings (SSSR count). The normalized spacial score (nSPS) is 16.7. The second-order valence-electron chi connectivity index (χ2n) is 5.80. The van der Waals surface area contributed by atoms with Gasteiger partial charge in [0.25, 0.3) is 0 Å². The van der Waals surface area contributed by atoms with Crippen molar-refractivity contribution in [2.45, 2.75) is 33.0 Å². The lowest BCUT2D eigenvalue weighted by Gasteiger charge is -2.35. The molecule has 1 aliphatic rings. The molecule has 1 aromatic heterocycles. The molecule has 0 saturated carbocycles. The number of aryl methyl sites for hydroxylation is 1. The summed E-state index contributed by atoms with van der Waals surface area (Å²) >= 11 is 0. The van der Waals surface area contributed by atoms with Crippen molar-refractivity contribution >= 4 is 12.0 Å². The molecule has 0 spiro atoms. The Morgan fingerprint density at radius 2 is 1.80 bits per heavy atom. The predicted molar refractivity (Wildman–Crippen MR) is 81.9 cm³/mol. The number of carbonyl (C=O) groups is 2. The van der Waals surface area contributed by atoms with Crippen LogP contribution in [0.5, 0.6) is 0 Å². The summed E-state index contributed by atoms with van der Waals surface area (Å²) in [6.45, 7) is 6.22. The first-order valence-electron chi connectivity index (χ1n) is 7.99. The molecule has 1 fully saturated rings. The fraction of sp³-hybridized carbons (Fsp3) is 0.667. The second-order valence-corrected chi connectivity index (χ2v) is 5.80. The van der Waals surface area contributed by atoms with Crippen LogP contribution < -0.4 is 0 Å². The smallest absolute Gasteiger partial charge is 0.435 e. The average Bonchev–Trinajstić information content (AvgIpc) is 2.96. The summed E-state index contributed by atoms with van der Waals surface area (Å²) in [7, 11) is 0. The number of halogens is 3. The van der Waals surface area contributed by atoms with Crippen molar-refractivity contribution in [1.82, 2.24) is 19.6 Å². The molecule has 2 amide bonds. The highest BCUT2D eigenvalue weighted by atomic mass is 19.4. The van der Waals surface area contributed by atoms with E-state index in [-0.39, 0.29) is 18.2 Å². The molecule has 0 N–H and O–H groups in total. The van der Waals surface area contributed by atoms with Crippen molar-refractivity contribution < 1.29 is 27.5 Å². The summed E-state index contributed by atoms with van der Waals surface area (Å²) in [5.41, 5.74) is -0.755. The molecule has 1 aromatic rings. The van der Waals surface area contributed by atoms with Gasteiger partial charge in [-0.15, -0.1) is 0 Å². The first kappa shape index (κ1) is 19.1. The molecule has 25 heavy (non-hydrogen) atoms. The van der Waals surface area contributed by atoms with E-state index in [0.29, 0.717) is 26.2 Å². The van der Waals surface area contributed by atoms with Gasteiger partial charge in [0, 0.05) is 31.9 Å². The molecular formula is C15H21F3N4O3. The summed E-state index contributed by atoms with van der Waals surface area (Å²) in [4.78, 5) is 27.2. The molecule has 0 aliphatic carbocycles. The predicted octanol–water partition coefficient (Wildman–Crippen LogP) is 2.07. The highest BCUT2D eigenvalue weighted by Crippen LogP contribution is 2.29. The zero-order valence-corrected chi connectivity index (χ0v) is 14.3. The van der Waals surface area contributed by atoms with Crippen LogP contribution in [0.1, 0.15) is 31.3 Å². The summed E-state index contributed by atoms with van der Waals surface area (Å²) in [6.07, 6.45) is -4.98. The van der Waals surface area contributed by atoms with Gasteiger partial charge in [0.15, 0.2) is 5.69 Å². The summed E-state index contributed by atoms with van der Waals surface area (Å²) < 4.78 is 44.3. The Hall–Kier alpha value is -2.26. The molecule has 10 heteroatoms. The highest BCUT2D eigenvalue weighted by Gasteiger charge is 2.36. The van der Waals surface area contributed by atoms with Crippen LogP contribution in [-0.2, 0) is 15.7 Å². The van der Waals surface area contributed by atoms with Gasteiger partial charge in [-0.25, -0.2) is 4.79 Å². The Balaban J connectivity index is 2.02. The maximum absolute atomic E-state index is 12.8. The zero-order chi connectivity index (χ0) is 18.8. The lowest BCUT2D eigenvalue weighted by atomic mass is 10.2. The van der Waals surface area contributed by atoms with E-state index >= 15 is 0 Å². The fourth-order valence-electron chi connectivity index (χ4n) is 2.71. The molecule has 0 bridgehead atoms. The molecule has 2 heterocycles. The first-order chi connectivity index (χ1) is 11.6. The van der Waals surface area contributed by atoms with Gasteiger partial charge in [-0.1, -0.05) is 0 Å². The van der Waals surface area contributed by atoms with Crippen LogP contribution in [0.2, 0.25) is 0 Å². The minimum absolute atomic E-state index is 0.262. The van der Waals surface area contributed by atoms with Gasteiger partial charge < -0.3 is 14.5 Å². The molecule has 7 nitrogen and oxygen atoms in total. The van der Waals surface area contributed by atoms with Crippen LogP contribution in [0.4, 0.5) is 18.0 Å². The van der Waals surface area contributed by atoms with Crippen LogP contribution in [0.15, 0.2) is 6.07 Å². The third kappa shape index (κ3) is 4.23. The standard InChI is InChI=1S/C15H21F3N4O3/c1-4-25-14(24)21-7-5-20(6-8-21)13(23)11(3)22-10(2)9-12(19-22)15(16,17)18/h9,11H,4-8H2,1-3H3. The van der Waals surface area contributed by atoms with E-state index in [4.69, 9.17) is 4.74 Å². The van der Waals surface area contributed by atoms with Gasteiger partial charge in [0.05, 0.1) is 6.61 Å². The quantitative estimate of drug-likeness (QED) is 0.826. The lowest BCUT2D eigenvalue weighted by Crippen LogP contribution is -2.52. The average molecular weight is 362 g/mol. The Morgan fingerprint density at radius 3 is 2.28 bits per heavy atom. The van der Waals surface area contributed by atoms with Gasteiger partial charge in [0.1, 0.15) is 6.04 Å². The van der Waals surface area contributed by atoms with Crippen LogP contribution in [0.3, 0.4) is 0 Å². The largest absolute Gasteiger partial charge is 0.450 e. The Bertz CT molecular complexity index is 636. The topological polar surface area (TPSA) is 67.7 Å². The Morgan fingerprint density at radius 1 is 1.24 bits per heavy atom. The molecule has 140 valence electrons. The molecule has 0 aromatic carbocycles. The van der Waals surface area contributed by atoms with E-state index in [0.717, 1.165) is 10.7 Å². The maximum atomic E-state index is 12.8. The first-order valence-corrected chi connectivity index (χ1v) is 7.99. The van der Waals surface area contributed by atoms with Crippen molar-refractivity contribution in [3.05, 3.63) is 17.5 Å². The number of rotatable bonds is 3. The number of aromatic nitrogens is 2. The third-order valence-electron chi connectivity index (χ3n) is 4.05.